The van der Waals surface area contributed by atoms with E-state index in [2.05, 4.69) is 5.32 Å². The molecule has 0 bridgehead atoms. The van der Waals surface area contributed by atoms with Gasteiger partial charge >= 0.3 is 5.69 Å². The van der Waals surface area contributed by atoms with Gasteiger partial charge in [-0.05, 0) is 43.5 Å². The predicted molar refractivity (Wildman–Crippen MR) is 109 cm³/mol. The average Bonchev–Trinajstić information content (AvgIpc) is 3.49. The molecule has 0 saturated heterocycles. The fraction of sp³-hybridized carbons (Fsp3) is 0.286. The van der Waals surface area contributed by atoms with Crippen molar-refractivity contribution in [1.82, 2.24) is 14.5 Å². The van der Waals surface area contributed by atoms with E-state index in [4.69, 9.17) is 11.6 Å². The predicted octanol–water partition coefficient (Wildman–Crippen LogP) is 2.70. The highest BCUT2D eigenvalue weighted by atomic mass is 35.5. The summed E-state index contributed by atoms with van der Waals surface area (Å²) in [7, 11) is 0. The average molecular weight is 398 g/mol. The van der Waals surface area contributed by atoms with Crippen LogP contribution >= 0.6 is 11.6 Å². The number of benzene rings is 2. The molecule has 1 atom stereocenters. The van der Waals surface area contributed by atoms with Crippen LogP contribution in [0.4, 0.5) is 0 Å². The first-order valence-electron chi connectivity index (χ1n) is 9.24. The second-order valence-electron chi connectivity index (χ2n) is 7.15. The third kappa shape index (κ3) is 3.47. The molecule has 28 heavy (non-hydrogen) atoms. The Bertz CT molecular complexity index is 1160. The molecule has 3 aromatic rings. The number of amides is 1. The summed E-state index contributed by atoms with van der Waals surface area (Å²) in [6.45, 7) is 1.80. The van der Waals surface area contributed by atoms with E-state index in [-0.39, 0.29) is 18.5 Å². The highest BCUT2D eigenvalue weighted by molar-refractivity contribution is 6.31. The van der Waals surface area contributed by atoms with Crippen molar-refractivity contribution in [3.8, 4) is 0 Å². The molecule has 0 spiro atoms. The number of hydrogen-bond donors (Lipinski definition) is 1. The fourth-order valence-corrected chi connectivity index (χ4v) is 3.46. The second kappa shape index (κ2) is 7.28. The van der Waals surface area contributed by atoms with Gasteiger partial charge in [0.05, 0.1) is 17.4 Å². The molecule has 1 unspecified atom stereocenters. The third-order valence-electron chi connectivity index (χ3n) is 5.01. The smallest absolute Gasteiger partial charge is 0.332 e. The molecule has 1 heterocycles. The number of hydrogen-bond acceptors (Lipinski definition) is 3. The van der Waals surface area contributed by atoms with Gasteiger partial charge in [-0.3, -0.25) is 18.7 Å². The molecule has 1 fully saturated rings. The number of nitrogens with one attached hydrogen (secondary N) is 1. The van der Waals surface area contributed by atoms with E-state index in [0.29, 0.717) is 15.9 Å². The molecular formula is C21H20ClN3O3. The van der Waals surface area contributed by atoms with Crippen molar-refractivity contribution in [2.45, 2.75) is 38.4 Å². The van der Waals surface area contributed by atoms with E-state index in [0.717, 1.165) is 18.4 Å². The van der Waals surface area contributed by atoms with Crippen LogP contribution in [0.25, 0.3) is 10.9 Å². The van der Waals surface area contributed by atoms with E-state index in [1.807, 2.05) is 30.3 Å². The summed E-state index contributed by atoms with van der Waals surface area (Å²) >= 11 is 6.12. The van der Waals surface area contributed by atoms with Crippen molar-refractivity contribution in [3.05, 3.63) is 80.0 Å². The molecule has 1 amide bonds. The van der Waals surface area contributed by atoms with Crippen LogP contribution in [-0.2, 0) is 11.3 Å². The standard InChI is InChI=1S/C21H20ClN3O3/c1-13(19(26)23-16-8-9-16)25-18-11-15(22)7-10-17(18)20(27)24(21(25)28)12-14-5-3-2-4-6-14/h2-7,10-11,13,16H,8-9,12H2,1H3,(H,23,26). The topological polar surface area (TPSA) is 73.1 Å². The van der Waals surface area contributed by atoms with Crippen molar-refractivity contribution in [2.24, 2.45) is 0 Å². The largest absolute Gasteiger partial charge is 0.352 e. The van der Waals surface area contributed by atoms with Crippen LogP contribution in [0.2, 0.25) is 5.02 Å². The number of nitrogens with zero attached hydrogens (tertiary/aromatic N) is 2. The van der Waals surface area contributed by atoms with Crippen LogP contribution in [0, 0.1) is 0 Å². The van der Waals surface area contributed by atoms with Crippen LogP contribution in [-0.4, -0.2) is 21.1 Å². The number of carbonyl (C=O) groups excluding carboxylic acids is 1. The molecule has 2 aromatic carbocycles. The van der Waals surface area contributed by atoms with Gasteiger partial charge < -0.3 is 5.32 Å². The van der Waals surface area contributed by atoms with Gasteiger partial charge in [-0.15, -0.1) is 0 Å². The highest BCUT2D eigenvalue weighted by Crippen LogP contribution is 2.22. The van der Waals surface area contributed by atoms with Crippen molar-refractivity contribution in [2.75, 3.05) is 0 Å². The lowest BCUT2D eigenvalue weighted by molar-refractivity contribution is -0.124. The first kappa shape index (κ1) is 18.5. The lowest BCUT2D eigenvalue weighted by Gasteiger charge is -2.19. The first-order valence-corrected chi connectivity index (χ1v) is 9.62. The van der Waals surface area contributed by atoms with Gasteiger partial charge in [-0.25, -0.2) is 4.79 Å². The summed E-state index contributed by atoms with van der Waals surface area (Å²) < 4.78 is 2.54. The molecule has 7 heteroatoms. The Morgan fingerprint density at radius 2 is 1.89 bits per heavy atom. The van der Waals surface area contributed by atoms with Crippen LogP contribution < -0.4 is 16.6 Å². The molecule has 1 saturated carbocycles. The van der Waals surface area contributed by atoms with Crippen LogP contribution in [0.1, 0.15) is 31.4 Å². The van der Waals surface area contributed by atoms with Gasteiger partial charge in [-0.1, -0.05) is 41.9 Å². The highest BCUT2D eigenvalue weighted by Gasteiger charge is 2.28. The minimum absolute atomic E-state index is 0.133. The van der Waals surface area contributed by atoms with Gasteiger partial charge in [0, 0.05) is 11.1 Å². The Labute approximate surface area is 166 Å². The van der Waals surface area contributed by atoms with Crippen LogP contribution in [0.15, 0.2) is 58.1 Å². The van der Waals surface area contributed by atoms with E-state index in [9.17, 15) is 14.4 Å². The van der Waals surface area contributed by atoms with Crippen LogP contribution in [0.5, 0.6) is 0 Å². The van der Waals surface area contributed by atoms with E-state index in [1.165, 1.54) is 9.13 Å². The zero-order valence-corrected chi connectivity index (χ0v) is 16.1. The molecule has 0 radical (unpaired) electrons. The van der Waals surface area contributed by atoms with Crippen molar-refractivity contribution in [1.29, 1.82) is 0 Å². The third-order valence-corrected chi connectivity index (χ3v) is 5.24. The number of aromatic nitrogens is 2. The summed E-state index contributed by atoms with van der Waals surface area (Å²) in [4.78, 5) is 38.9. The minimum atomic E-state index is -0.767. The molecule has 1 aliphatic rings. The number of fused-ring (bicyclic) bond motifs is 1. The quantitative estimate of drug-likeness (QED) is 0.719. The van der Waals surface area contributed by atoms with Gasteiger partial charge in [-0.2, -0.15) is 0 Å². The summed E-state index contributed by atoms with van der Waals surface area (Å²) in [5.41, 5.74) is 0.274. The molecule has 1 aliphatic carbocycles. The van der Waals surface area contributed by atoms with Gasteiger partial charge in [0.1, 0.15) is 6.04 Å². The number of rotatable bonds is 5. The molecule has 1 aromatic heterocycles. The van der Waals surface area contributed by atoms with E-state index < -0.39 is 17.3 Å². The Balaban J connectivity index is 1.90. The lowest BCUT2D eigenvalue weighted by Crippen LogP contribution is -2.44. The van der Waals surface area contributed by atoms with Crippen molar-refractivity contribution in [3.63, 3.8) is 0 Å². The first-order chi connectivity index (χ1) is 13.5. The lowest BCUT2D eigenvalue weighted by atomic mass is 10.2. The Kier molecular flexibility index (Phi) is 4.81. The maximum atomic E-state index is 13.3. The Morgan fingerprint density at radius 3 is 2.57 bits per heavy atom. The van der Waals surface area contributed by atoms with Crippen molar-refractivity contribution >= 4 is 28.4 Å². The summed E-state index contributed by atoms with van der Waals surface area (Å²) in [5, 5.41) is 3.67. The fourth-order valence-electron chi connectivity index (χ4n) is 3.30. The monoisotopic (exact) mass is 397 g/mol. The van der Waals surface area contributed by atoms with Crippen LogP contribution in [0.3, 0.4) is 0 Å². The zero-order valence-electron chi connectivity index (χ0n) is 15.4. The molecule has 144 valence electrons. The molecular weight excluding hydrogens is 378 g/mol. The van der Waals surface area contributed by atoms with E-state index >= 15 is 0 Å². The maximum absolute atomic E-state index is 13.3. The van der Waals surface area contributed by atoms with Crippen molar-refractivity contribution < 1.29 is 4.79 Å². The molecule has 4 rings (SSSR count). The summed E-state index contributed by atoms with van der Waals surface area (Å²) in [6, 6.07) is 13.5. The normalized spacial score (nSPS) is 14.8. The SMILES string of the molecule is CC(C(=O)NC1CC1)n1c(=O)n(Cc2ccccc2)c(=O)c2ccc(Cl)cc21. The molecule has 1 N–H and O–H groups in total. The number of carbonyl (C=O) groups is 1. The number of halogens is 1. The minimum Gasteiger partial charge on any atom is -0.352 e. The van der Waals surface area contributed by atoms with Gasteiger partial charge in [0.15, 0.2) is 0 Å². The molecule has 6 nitrogen and oxygen atoms in total. The molecule has 0 aliphatic heterocycles. The van der Waals surface area contributed by atoms with Gasteiger partial charge in [0.2, 0.25) is 5.91 Å². The Morgan fingerprint density at radius 1 is 1.18 bits per heavy atom. The Hall–Kier alpha value is -2.86. The van der Waals surface area contributed by atoms with Gasteiger partial charge in [0.25, 0.3) is 5.56 Å². The summed E-state index contributed by atoms with van der Waals surface area (Å²) in [6.07, 6.45) is 1.90. The zero-order chi connectivity index (χ0) is 19.8. The maximum Gasteiger partial charge on any atom is 0.332 e. The summed E-state index contributed by atoms with van der Waals surface area (Å²) in [5.74, 6) is -0.240. The second-order valence-corrected chi connectivity index (χ2v) is 7.59. The van der Waals surface area contributed by atoms with E-state index in [1.54, 1.807) is 25.1 Å².